The van der Waals surface area contributed by atoms with Crippen LogP contribution in [0.15, 0.2) is 134 Å². The molecular weight excluding hydrogens is 973 g/mol. The summed E-state index contributed by atoms with van der Waals surface area (Å²) < 4.78 is 16.9. The van der Waals surface area contributed by atoms with Gasteiger partial charge in [0.2, 0.25) is 0 Å². The molecule has 1 atom stereocenters. The Morgan fingerprint density at radius 1 is 0.266 bits per heavy atom. The zero-order valence-corrected chi connectivity index (χ0v) is 51.3. The SMILES string of the molecule is CC/C=C\C/C=C\C/C=C\C/C=C\C/C=C\C/C=C\C/C=C\C/C=C\C/C=C\CCCCCC(=O)OCC(COC(=O)CCCCCCC/C=C\C/C=C\CCCC)OC(=O)CCCCCCCCCCCCCCCCCC. The topological polar surface area (TPSA) is 78.9 Å². The van der Waals surface area contributed by atoms with Gasteiger partial charge in [0.05, 0.1) is 0 Å². The highest BCUT2D eigenvalue weighted by Gasteiger charge is 2.19. The van der Waals surface area contributed by atoms with Crippen molar-refractivity contribution in [3.8, 4) is 0 Å². The summed E-state index contributed by atoms with van der Waals surface area (Å²) in [5, 5.41) is 0. The molecular formula is C73H120O6. The zero-order chi connectivity index (χ0) is 57.1. The lowest BCUT2D eigenvalue weighted by atomic mass is 10.0. The molecule has 0 aromatic rings. The molecule has 6 heteroatoms. The Morgan fingerprint density at radius 3 is 0.823 bits per heavy atom. The summed E-state index contributed by atoms with van der Waals surface area (Å²) in [5.41, 5.74) is 0. The molecule has 0 saturated heterocycles. The van der Waals surface area contributed by atoms with Crippen LogP contribution < -0.4 is 0 Å². The molecule has 0 aliphatic heterocycles. The Labute approximate surface area is 487 Å². The van der Waals surface area contributed by atoms with E-state index in [1.165, 1.54) is 103 Å². The molecule has 0 aliphatic rings. The van der Waals surface area contributed by atoms with Gasteiger partial charge in [-0.25, -0.2) is 0 Å². The summed E-state index contributed by atoms with van der Waals surface area (Å²) in [6.45, 7) is 6.46. The number of ether oxygens (including phenoxy) is 3. The first kappa shape index (κ1) is 74.5. The number of hydrogen-bond donors (Lipinski definition) is 0. The molecule has 0 aliphatic carbocycles. The number of carbonyl (C=O) groups is 3. The van der Waals surface area contributed by atoms with E-state index < -0.39 is 6.10 Å². The molecule has 448 valence electrons. The van der Waals surface area contributed by atoms with Gasteiger partial charge < -0.3 is 14.2 Å². The standard InChI is InChI=1S/C73H120O6/c1-4-7-10-13-16-19-22-25-28-30-31-32-33-34-35-36-37-38-39-40-41-42-43-44-46-48-51-54-57-60-63-66-72(75)78-69-70(68-77-71(74)65-62-59-56-53-50-47-27-24-21-18-15-12-9-6-3)79-73(76)67-64-61-58-55-52-49-45-29-26-23-20-17-14-11-8-5-2/h7,10,15-16,18-19,24-25,27-28,31-32,34-35,37-38,40-41,43-44,48,51,70H,4-6,8-9,11-14,17,20-23,26,29-30,33,36,39,42,45-47,49-50,52-69H2,1-3H3/b10-7-,18-15-,19-16-,27-24-,28-25-,32-31-,35-34-,38-37-,41-40-,44-43-,51-48-. The summed E-state index contributed by atoms with van der Waals surface area (Å²) in [7, 11) is 0. The third kappa shape index (κ3) is 64.3. The Bertz CT molecular complexity index is 1680. The number of hydrogen-bond acceptors (Lipinski definition) is 6. The average molecular weight is 1090 g/mol. The first-order valence-corrected chi connectivity index (χ1v) is 32.7. The Kier molecular flexibility index (Phi) is 62.3. The van der Waals surface area contributed by atoms with Gasteiger partial charge in [-0.05, 0) is 116 Å². The minimum atomic E-state index is -0.801. The number of allylic oxidation sites excluding steroid dienone is 22. The molecule has 0 fully saturated rings. The predicted octanol–water partition coefficient (Wildman–Crippen LogP) is 22.5. The summed E-state index contributed by atoms with van der Waals surface area (Å²) >= 11 is 0. The minimum absolute atomic E-state index is 0.0970. The van der Waals surface area contributed by atoms with Crippen molar-refractivity contribution in [1.29, 1.82) is 0 Å². The van der Waals surface area contributed by atoms with Crippen molar-refractivity contribution in [3.63, 3.8) is 0 Å². The molecule has 0 bridgehead atoms. The molecule has 0 spiro atoms. The van der Waals surface area contributed by atoms with Gasteiger partial charge in [0.1, 0.15) is 13.2 Å². The summed E-state index contributed by atoms with van der Waals surface area (Å²) in [6.07, 6.45) is 93.1. The molecule has 0 N–H and O–H groups in total. The molecule has 0 aromatic heterocycles. The smallest absolute Gasteiger partial charge is 0.306 e. The molecule has 0 heterocycles. The van der Waals surface area contributed by atoms with Crippen LogP contribution in [-0.4, -0.2) is 37.2 Å². The number of rotatable bonds is 58. The van der Waals surface area contributed by atoms with E-state index in [-0.39, 0.29) is 31.1 Å². The molecule has 0 radical (unpaired) electrons. The predicted molar refractivity (Wildman–Crippen MR) is 343 cm³/mol. The maximum Gasteiger partial charge on any atom is 0.306 e. The zero-order valence-electron chi connectivity index (χ0n) is 51.3. The maximum atomic E-state index is 12.9. The molecule has 1 unspecified atom stereocenters. The number of carbonyl (C=O) groups excluding carboxylic acids is 3. The monoisotopic (exact) mass is 1090 g/mol. The van der Waals surface area contributed by atoms with Gasteiger partial charge in [0.15, 0.2) is 6.10 Å². The second-order valence-electron chi connectivity index (χ2n) is 21.3. The lowest BCUT2D eigenvalue weighted by Gasteiger charge is -2.18. The van der Waals surface area contributed by atoms with E-state index in [9.17, 15) is 14.4 Å². The largest absolute Gasteiger partial charge is 0.462 e. The highest BCUT2D eigenvalue weighted by molar-refractivity contribution is 5.71. The van der Waals surface area contributed by atoms with Gasteiger partial charge in [0.25, 0.3) is 0 Å². The molecule has 0 aromatic carbocycles. The van der Waals surface area contributed by atoms with Gasteiger partial charge >= 0.3 is 17.9 Å². The molecule has 0 saturated carbocycles. The second kappa shape index (κ2) is 66.1. The van der Waals surface area contributed by atoms with Gasteiger partial charge in [-0.1, -0.05) is 289 Å². The van der Waals surface area contributed by atoms with Crippen LogP contribution in [0.3, 0.4) is 0 Å². The highest BCUT2D eigenvalue weighted by Crippen LogP contribution is 2.16. The van der Waals surface area contributed by atoms with Crippen LogP contribution in [-0.2, 0) is 28.6 Å². The minimum Gasteiger partial charge on any atom is -0.462 e. The second-order valence-corrected chi connectivity index (χ2v) is 21.3. The molecule has 0 amide bonds. The summed E-state index contributed by atoms with van der Waals surface area (Å²) in [5.74, 6) is -0.938. The van der Waals surface area contributed by atoms with E-state index in [1.807, 2.05) is 0 Å². The maximum absolute atomic E-state index is 12.9. The van der Waals surface area contributed by atoms with E-state index >= 15 is 0 Å². The van der Waals surface area contributed by atoms with Crippen LogP contribution in [0.2, 0.25) is 0 Å². The fourth-order valence-electron chi connectivity index (χ4n) is 8.75. The Hall–Kier alpha value is -4.45. The van der Waals surface area contributed by atoms with Gasteiger partial charge in [-0.2, -0.15) is 0 Å². The lowest BCUT2D eigenvalue weighted by Crippen LogP contribution is -2.30. The highest BCUT2D eigenvalue weighted by atomic mass is 16.6. The quantitative estimate of drug-likeness (QED) is 0.0261. The van der Waals surface area contributed by atoms with Crippen molar-refractivity contribution in [1.82, 2.24) is 0 Å². The Balaban J connectivity index is 4.39. The van der Waals surface area contributed by atoms with E-state index in [4.69, 9.17) is 14.2 Å². The third-order valence-corrected chi connectivity index (χ3v) is 13.6. The van der Waals surface area contributed by atoms with Gasteiger partial charge in [-0.3, -0.25) is 14.4 Å². The summed E-state index contributed by atoms with van der Waals surface area (Å²) in [4.78, 5) is 38.3. The fourth-order valence-corrected chi connectivity index (χ4v) is 8.75. The summed E-state index contributed by atoms with van der Waals surface area (Å²) in [6, 6.07) is 0. The average Bonchev–Trinajstić information content (AvgIpc) is 3.45. The lowest BCUT2D eigenvalue weighted by molar-refractivity contribution is -0.167. The van der Waals surface area contributed by atoms with E-state index in [0.29, 0.717) is 19.3 Å². The van der Waals surface area contributed by atoms with Crippen LogP contribution in [0.4, 0.5) is 0 Å². The Morgan fingerprint density at radius 2 is 0.506 bits per heavy atom. The van der Waals surface area contributed by atoms with Crippen molar-refractivity contribution >= 4 is 17.9 Å². The van der Waals surface area contributed by atoms with E-state index in [1.54, 1.807) is 0 Å². The van der Waals surface area contributed by atoms with E-state index in [0.717, 1.165) is 148 Å². The van der Waals surface area contributed by atoms with Crippen molar-refractivity contribution in [2.75, 3.05) is 13.2 Å². The van der Waals surface area contributed by atoms with Crippen LogP contribution >= 0.6 is 0 Å². The number of unbranched alkanes of at least 4 members (excludes halogenated alkanes) is 25. The molecule has 6 nitrogen and oxygen atoms in total. The molecule has 0 rings (SSSR count). The first-order chi connectivity index (χ1) is 39.0. The first-order valence-electron chi connectivity index (χ1n) is 32.7. The van der Waals surface area contributed by atoms with Gasteiger partial charge in [-0.15, -0.1) is 0 Å². The van der Waals surface area contributed by atoms with Crippen molar-refractivity contribution in [2.24, 2.45) is 0 Å². The third-order valence-electron chi connectivity index (χ3n) is 13.6. The normalized spacial score (nSPS) is 13.0. The van der Waals surface area contributed by atoms with Crippen LogP contribution in [0.1, 0.15) is 290 Å². The molecule has 79 heavy (non-hydrogen) atoms. The fraction of sp³-hybridized carbons (Fsp3) is 0.658. The van der Waals surface area contributed by atoms with Crippen molar-refractivity contribution in [2.45, 2.75) is 297 Å². The van der Waals surface area contributed by atoms with Crippen LogP contribution in [0.25, 0.3) is 0 Å². The number of esters is 3. The van der Waals surface area contributed by atoms with Crippen LogP contribution in [0.5, 0.6) is 0 Å². The van der Waals surface area contributed by atoms with Crippen molar-refractivity contribution in [3.05, 3.63) is 134 Å². The van der Waals surface area contributed by atoms with Gasteiger partial charge in [0, 0.05) is 19.3 Å². The van der Waals surface area contributed by atoms with Crippen LogP contribution in [0, 0.1) is 0 Å². The van der Waals surface area contributed by atoms with E-state index in [2.05, 4.69) is 154 Å². The van der Waals surface area contributed by atoms with Crippen molar-refractivity contribution < 1.29 is 28.6 Å².